The molecule has 49 heavy (non-hydrogen) atoms. The Hall–Kier alpha value is -6.58. The maximum atomic E-state index is 6.21. The minimum atomic E-state index is 0.881. The van der Waals surface area contributed by atoms with Gasteiger partial charge in [-0.2, -0.15) is 0 Å². The molecule has 230 valence electrons. The van der Waals surface area contributed by atoms with E-state index < -0.39 is 0 Å². The maximum Gasteiger partial charge on any atom is 0.135 e. The van der Waals surface area contributed by atoms with E-state index in [1.807, 2.05) is 24.3 Å². The van der Waals surface area contributed by atoms with Crippen LogP contribution in [0.2, 0.25) is 0 Å². The molecule has 0 aliphatic rings. The standard InChI is InChI=1S/C46H29NO2/c1-2-13-37-31(9-1)10-8-16-38(37)33-11-7-12-35(27-33)47(36-24-26-46-42(29-36)40-15-4-6-18-44(40)49-46)34-22-19-30(20-23-34)32-21-25-45-41(28-32)39-14-3-5-17-43(39)48-45/h1-29H. The van der Waals surface area contributed by atoms with E-state index in [1.54, 1.807) is 0 Å². The van der Waals surface area contributed by atoms with Gasteiger partial charge in [0.2, 0.25) is 0 Å². The van der Waals surface area contributed by atoms with Crippen LogP contribution in [0.15, 0.2) is 185 Å². The minimum Gasteiger partial charge on any atom is -0.456 e. The molecular weight excluding hydrogens is 599 g/mol. The molecule has 2 heterocycles. The number of benzene rings is 8. The van der Waals surface area contributed by atoms with Crippen molar-refractivity contribution in [1.82, 2.24) is 0 Å². The molecule has 0 radical (unpaired) electrons. The molecule has 0 amide bonds. The molecule has 0 spiro atoms. The first kappa shape index (κ1) is 27.5. The lowest BCUT2D eigenvalue weighted by Crippen LogP contribution is -2.10. The molecule has 8 aromatic carbocycles. The van der Waals surface area contributed by atoms with Crippen LogP contribution < -0.4 is 4.90 Å². The first-order valence-electron chi connectivity index (χ1n) is 16.6. The maximum absolute atomic E-state index is 6.21. The third-order valence-corrected chi connectivity index (χ3v) is 9.66. The topological polar surface area (TPSA) is 29.5 Å². The molecule has 0 saturated carbocycles. The van der Waals surface area contributed by atoms with Crippen LogP contribution in [0.4, 0.5) is 17.1 Å². The van der Waals surface area contributed by atoms with Crippen molar-refractivity contribution >= 4 is 71.7 Å². The minimum absolute atomic E-state index is 0.881. The Morgan fingerprint density at radius 1 is 0.306 bits per heavy atom. The van der Waals surface area contributed by atoms with Crippen LogP contribution in [0.3, 0.4) is 0 Å². The van der Waals surface area contributed by atoms with Crippen LogP contribution in [-0.4, -0.2) is 0 Å². The third-order valence-electron chi connectivity index (χ3n) is 9.66. The summed E-state index contributed by atoms with van der Waals surface area (Å²) < 4.78 is 12.3. The highest BCUT2D eigenvalue weighted by molar-refractivity contribution is 6.07. The molecule has 0 N–H and O–H groups in total. The molecule has 10 aromatic rings. The summed E-state index contributed by atoms with van der Waals surface area (Å²) in [7, 11) is 0. The van der Waals surface area contributed by atoms with Crippen molar-refractivity contribution in [3.8, 4) is 22.3 Å². The lowest BCUT2D eigenvalue weighted by molar-refractivity contribution is 0.668. The molecule has 0 saturated heterocycles. The molecule has 0 aliphatic carbocycles. The highest BCUT2D eigenvalue weighted by atomic mass is 16.3. The molecular formula is C46H29NO2. The zero-order chi connectivity index (χ0) is 32.3. The Kier molecular flexibility index (Phi) is 6.18. The number of furan rings is 2. The number of para-hydroxylation sites is 2. The van der Waals surface area contributed by atoms with Gasteiger partial charge in [-0.25, -0.2) is 0 Å². The van der Waals surface area contributed by atoms with Gasteiger partial charge in [0.15, 0.2) is 0 Å². The average Bonchev–Trinajstić information content (AvgIpc) is 3.73. The zero-order valence-electron chi connectivity index (χ0n) is 26.5. The Morgan fingerprint density at radius 3 is 1.63 bits per heavy atom. The average molecular weight is 628 g/mol. The largest absolute Gasteiger partial charge is 0.456 e. The SMILES string of the molecule is c1cc(-c2cccc3ccccc23)cc(N(c2ccc(-c3ccc4oc5ccccc5c4c3)cc2)c2ccc3oc4ccccc4c3c2)c1. The predicted molar refractivity (Wildman–Crippen MR) is 204 cm³/mol. The van der Waals surface area contributed by atoms with Gasteiger partial charge in [0.05, 0.1) is 0 Å². The second-order valence-electron chi connectivity index (χ2n) is 12.5. The van der Waals surface area contributed by atoms with Crippen molar-refractivity contribution in [1.29, 1.82) is 0 Å². The van der Waals surface area contributed by atoms with Gasteiger partial charge in [-0.15, -0.1) is 0 Å². The highest BCUT2D eigenvalue weighted by Gasteiger charge is 2.17. The highest BCUT2D eigenvalue weighted by Crippen LogP contribution is 2.41. The van der Waals surface area contributed by atoms with Gasteiger partial charge in [0, 0.05) is 38.6 Å². The van der Waals surface area contributed by atoms with E-state index in [-0.39, 0.29) is 0 Å². The quantitative estimate of drug-likeness (QED) is 0.190. The molecule has 0 unspecified atom stereocenters. The number of hydrogen-bond acceptors (Lipinski definition) is 3. The fraction of sp³-hybridized carbons (Fsp3) is 0. The van der Waals surface area contributed by atoms with Crippen LogP contribution in [0.5, 0.6) is 0 Å². The third kappa shape index (κ3) is 4.59. The summed E-state index contributed by atoms with van der Waals surface area (Å²) in [4.78, 5) is 2.34. The summed E-state index contributed by atoms with van der Waals surface area (Å²) in [6.45, 7) is 0. The van der Waals surface area contributed by atoms with E-state index in [0.717, 1.165) is 72.1 Å². The summed E-state index contributed by atoms with van der Waals surface area (Å²) in [5.74, 6) is 0. The Bertz CT molecular complexity index is 2830. The van der Waals surface area contributed by atoms with Crippen LogP contribution in [0, 0.1) is 0 Å². The lowest BCUT2D eigenvalue weighted by atomic mass is 9.97. The van der Waals surface area contributed by atoms with Crippen molar-refractivity contribution in [3.63, 3.8) is 0 Å². The molecule has 3 nitrogen and oxygen atoms in total. The van der Waals surface area contributed by atoms with Gasteiger partial charge < -0.3 is 13.7 Å². The van der Waals surface area contributed by atoms with Crippen LogP contribution in [0.25, 0.3) is 76.9 Å². The molecule has 0 bridgehead atoms. The van der Waals surface area contributed by atoms with Gasteiger partial charge in [0.25, 0.3) is 0 Å². The van der Waals surface area contributed by atoms with Crippen molar-refractivity contribution in [2.24, 2.45) is 0 Å². The van der Waals surface area contributed by atoms with E-state index >= 15 is 0 Å². The summed E-state index contributed by atoms with van der Waals surface area (Å²) in [5, 5.41) is 6.95. The van der Waals surface area contributed by atoms with Crippen LogP contribution >= 0.6 is 0 Å². The number of fused-ring (bicyclic) bond motifs is 7. The summed E-state index contributed by atoms with van der Waals surface area (Å²) in [6, 6.07) is 62.2. The summed E-state index contributed by atoms with van der Waals surface area (Å²) in [5.41, 5.74) is 11.5. The van der Waals surface area contributed by atoms with Gasteiger partial charge >= 0.3 is 0 Å². The van der Waals surface area contributed by atoms with Gasteiger partial charge in [0.1, 0.15) is 22.3 Å². The van der Waals surface area contributed by atoms with Gasteiger partial charge in [-0.05, 0) is 99.8 Å². The van der Waals surface area contributed by atoms with Crippen molar-refractivity contribution in [2.45, 2.75) is 0 Å². The normalized spacial score (nSPS) is 11.7. The Morgan fingerprint density at radius 2 is 0.857 bits per heavy atom. The Balaban J connectivity index is 1.12. The van der Waals surface area contributed by atoms with E-state index in [2.05, 4.69) is 157 Å². The zero-order valence-corrected chi connectivity index (χ0v) is 26.5. The van der Waals surface area contributed by atoms with Gasteiger partial charge in [-0.3, -0.25) is 0 Å². The van der Waals surface area contributed by atoms with Crippen molar-refractivity contribution < 1.29 is 8.83 Å². The van der Waals surface area contributed by atoms with E-state index in [1.165, 1.54) is 21.9 Å². The van der Waals surface area contributed by atoms with E-state index in [4.69, 9.17) is 8.83 Å². The fourth-order valence-electron chi connectivity index (χ4n) is 7.30. The van der Waals surface area contributed by atoms with E-state index in [0.29, 0.717) is 0 Å². The first-order valence-corrected chi connectivity index (χ1v) is 16.6. The van der Waals surface area contributed by atoms with Crippen LogP contribution in [-0.2, 0) is 0 Å². The second kappa shape index (κ2) is 11.0. The number of hydrogen-bond donors (Lipinski definition) is 0. The summed E-state index contributed by atoms with van der Waals surface area (Å²) in [6.07, 6.45) is 0. The Labute approximate surface area is 282 Å². The summed E-state index contributed by atoms with van der Waals surface area (Å²) >= 11 is 0. The fourth-order valence-corrected chi connectivity index (χ4v) is 7.30. The predicted octanol–water partition coefficient (Wildman–Crippen LogP) is 13.4. The van der Waals surface area contributed by atoms with Crippen molar-refractivity contribution in [3.05, 3.63) is 176 Å². The molecule has 0 atom stereocenters. The van der Waals surface area contributed by atoms with E-state index in [9.17, 15) is 0 Å². The molecule has 3 heteroatoms. The number of nitrogens with zero attached hydrogens (tertiary/aromatic N) is 1. The lowest BCUT2D eigenvalue weighted by Gasteiger charge is -2.26. The molecule has 0 aliphatic heterocycles. The van der Waals surface area contributed by atoms with Crippen LogP contribution in [0.1, 0.15) is 0 Å². The van der Waals surface area contributed by atoms with Crippen molar-refractivity contribution in [2.75, 3.05) is 4.90 Å². The second-order valence-corrected chi connectivity index (χ2v) is 12.5. The first-order chi connectivity index (χ1) is 24.3. The monoisotopic (exact) mass is 627 g/mol. The van der Waals surface area contributed by atoms with Gasteiger partial charge in [-0.1, -0.05) is 109 Å². The number of rotatable bonds is 5. The molecule has 2 aromatic heterocycles. The number of anilines is 3. The molecule has 10 rings (SSSR count). The molecule has 0 fully saturated rings. The smallest absolute Gasteiger partial charge is 0.135 e.